The molecule has 0 saturated carbocycles. The fourth-order valence-electron chi connectivity index (χ4n) is 2.57. The first-order chi connectivity index (χ1) is 11.5. The first-order valence-corrected chi connectivity index (χ1v) is 7.91. The Balaban J connectivity index is 1.61. The number of likely N-dealkylation sites (N-methyl/N-ethyl adjacent to an activating group) is 1. The average Bonchev–Trinajstić information content (AvgIpc) is 3.04. The molecule has 24 heavy (non-hydrogen) atoms. The predicted octanol–water partition coefficient (Wildman–Crippen LogP) is 3.74. The minimum Gasteiger partial charge on any atom is -0.390 e. The second-order valence-electron chi connectivity index (χ2n) is 5.64. The topological polar surface area (TPSA) is 41.9 Å². The molecule has 0 unspecified atom stereocenters. The largest absolute Gasteiger partial charge is 0.390 e. The van der Waals surface area contributed by atoms with E-state index in [0.717, 1.165) is 11.3 Å². The summed E-state index contributed by atoms with van der Waals surface area (Å²) in [5.74, 6) is -0.906. The van der Waals surface area contributed by atoms with Crippen LogP contribution in [0, 0.1) is 5.82 Å². The van der Waals surface area contributed by atoms with Crippen LogP contribution in [0.4, 0.5) is 4.39 Å². The van der Waals surface area contributed by atoms with Gasteiger partial charge < -0.3 is 9.74 Å². The third kappa shape index (κ3) is 3.57. The molecule has 1 heterocycles. The van der Waals surface area contributed by atoms with Crippen molar-refractivity contribution in [1.82, 2.24) is 4.90 Å². The third-order valence-electron chi connectivity index (χ3n) is 3.84. The zero-order chi connectivity index (χ0) is 17.1. The van der Waals surface area contributed by atoms with Gasteiger partial charge in [-0.25, -0.2) is 4.39 Å². The van der Waals surface area contributed by atoms with Gasteiger partial charge in [-0.3, -0.25) is 4.79 Å². The van der Waals surface area contributed by atoms with Gasteiger partial charge in [-0.05, 0) is 29.8 Å². The van der Waals surface area contributed by atoms with E-state index in [-0.39, 0.29) is 17.6 Å². The maximum Gasteiger partial charge on any atom is 0.256 e. The molecule has 2 aromatic rings. The van der Waals surface area contributed by atoms with E-state index in [2.05, 4.69) is 5.16 Å². The number of hydrogen-bond donors (Lipinski definition) is 0. The van der Waals surface area contributed by atoms with Crippen LogP contribution < -0.4 is 0 Å². The van der Waals surface area contributed by atoms with Gasteiger partial charge in [0.1, 0.15) is 5.82 Å². The summed E-state index contributed by atoms with van der Waals surface area (Å²) in [5.41, 5.74) is 1.80. The number of carbonyl (C=O) groups excluding carboxylic acids is 1. The number of rotatable bonds is 4. The fourth-order valence-corrected chi connectivity index (χ4v) is 2.69. The van der Waals surface area contributed by atoms with Crippen molar-refractivity contribution in [2.75, 3.05) is 13.6 Å². The van der Waals surface area contributed by atoms with Gasteiger partial charge >= 0.3 is 0 Å². The van der Waals surface area contributed by atoms with Crippen molar-refractivity contribution in [3.8, 4) is 0 Å². The maximum atomic E-state index is 13.7. The van der Waals surface area contributed by atoms with E-state index in [1.54, 1.807) is 31.3 Å². The summed E-state index contributed by atoms with van der Waals surface area (Å²) in [6, 6.07) is 13.3. The molecule has 1 amide bonds. The monoisotopic (exact) mass is 346 g/mol. The second kappa shape index (κ2) is 7.01. The number of carbonyl (C=O) groups is 1. The number of amides is 1. The molecule has 0 aromatic heterocycles. The van der Waals surface area contributed by atoms with Gasteiger partial charge in [0.05, 0.1) is 17.8 Å². The number of hydrogen-bond acceptors (Lipinski definition) is 3. The molecular formula is C18H16ClFN2O2. The standard InChI is InChI=1S/C18H16ClFN2O2/c1-22(18(23)15-4-2-3-5-16(15)20)11-14-10-17(21-24-14)12-6-8-13(19)9-7-12/h2-9,14H,10-11H2,1H3/t14-/m1/s1. The molecule has 6 heteroatoms. The summed E-state index contributed by atoms with van der Waals surface area (Å²) in [6.07, 6.45) is 0.327. The molecule has 0 aliphatic carbocycles. The zero-order valence-electron chi connectivity index (χ0n) is 13.1. The Morgan fingerprint density at radius 2 is 2.00 bits per heavy atom. The summed E-state index contributed by atoms with van der Waals surface area (Å²) in [4.78, 5) is 19.2. The first kappa shape index (κ1) is 16.5. The lowest BCUT2D eigenvalue weighted by Crippen LogP contribution is -2.35. The zero-order valence-corrected chi connectivity index (χ0v) is 13.8. The van der Waals surface area contributed by atoms with Crippen LogP contribution in [0.2, 0.25) is 5.02 Å². The minimum absolute atomic E-state index is 0.0526. The van der Waals surface area contributed by atoms with Gasteiger partial charge in [-0.15, -0.1) is 0 Å². The second-order valence-corrected chi connectivity index (χ2v) is 6.08. The van der Waals surface area contributed by atoms with E-state index in [4.69, 9.17) is 16.4 Å². The van der Waals surface area contributed by atoms with Gasteiger partial charge in [0, 0.05) is 18.5 Å². The highest BCUT2D eigenvalue weighted by Crippen LogP contribution is 2.20. The van der Waals surface area contributed by atoms with Crippen LogP contribution in [-0.2, 0) is 4.84 Å². The molecule has 1 aliphatic heterocycles. The normalized spacial score (nSPS) is 16.5. The van der Waals surface area contributed by atoms with E-state index in [1.807, 2.05) is 12.1 Å². The summed E-state index contributed by atoms with van der Waals surface area (Å²) < 4.78 is 13.7. The molecule has 0 radical (unpaired) electrons. The SMILES string of the molecule is CN(C[C@H]1CC(c2ccc(Cl)cc2)=NO1)C(=O)c1ccccc1F. The van der Waals surface area contributed by atoms with Crippen molar-refractivity contribution in [3.05, 3.63) is 70.5 Å². The van der Waals surface area contributed by atoms with Crippen molar-refractivity contribution in [2.24, 2.45) is 5.16 Å². The molecule has 0 fully saturated rings. The maximum absolute atomic E-state index is 13.7. The Morgan fingerprint density at radius 3 is 2.71 bits per heavy atom. The summed E-state index contributed by atoms with van der Waals surface area (Å²) in [5, 5.41) is 4.74. The first-order valence-electron chi connectivity index (χ1n) is 7.53. The van der Waals surface area contributed by atoms with Crippen molar-refractivity contribution in [2.45, 2.75) is 12.5 Å². The highest BCUT2D eigenvalue weighted by Gasteiger charge is 2.26. The van der Waals surface area contributed by atoms with E-state index in [0.29, 0.717) is 18.0 Å². The molecule has 1 atom stereocenters. The molecule has 3 rings (SSSR count). The van der Waals surface area contributed by atoms with Gasteiger partial charge in [0.25, 0.3) is 5.91 Å². The van der Waals surface area contributed by atoms with Crippen molar-refractivity contribution in [3.63, 3.8) is 0 Å². The van der Waals surface area contributed by atoms with Crippen LogP contribution in [0.15, 0.2) is 53.7 Å². The van der Waals surface area contributed by atoms with E-state index < -0.39 is 5.82 Å². The number of halogens is 2. The van der Waals surface area contributed by atoms with Crippen LogP contribution in [0.1, 0.15) is 22.3 Å². The molecular weight excluding hydrogens is 331 g/mol. The van der Waals surface area contributed by atoms with Gasteiger partial charge in [0.15, 0.2) is 6.10 Å². The highest BCUT2D eigenvalue weighted by atomic mass is 35.5. The van der Waals surface area contributed by atoms with Crippen LogP contribution in [0.5, 0.6) is 0 Å². The smallest absolute Gasteiger partial charge is 0.256 e. The van der Waals surface area contributed by atoms with Crippen molar-refractivity contribution in [1.29, 1.82) is 0 Å². The molecule has 0 N–H and O–H groups in total. The minimum atomic E-state index is -0.528. The Hall–Kier alpha value is -2.40. The Bertz CT molecular complexity index is 777. The van der Waals surface area contributed by atoms with Crippen LogP contribution >= 0.6 is 11.6 Å². The molecule has 1 aliphatic rings. The molecule has 0 bridgehead atoms. The van der Waals surface area contributed by atoms with Crippen LogP contribution in [-0.4, -0.2) is 36.2 Å². The van der Waals surface area contributed by atoms with Gasteiger partial charge in [-0.2, -0.15) is 0 Å². The lowest BCUT2D eigenvalue weighted by Gasteiger charge is -2.20. The molecule has 4 nitrogen and oxygen atoms in total. The Morgan fingerprint density at radius 1 is 1.29 bits per heavy atom. The van der Waals surface area contributed by atoms with Crippen LogP contribution in [0.25, 0.3) is 0 Å². The summed E-state index contributed by atoms with van der Waals surface area (Å²) >= 11 is 5.88. The third-order valence-corrected chi connectivity index (χ3v) is 4.09. The Labute approximate surface area is 144 Å². The van der Waals surface area contributed by atoms with Crippen molar-refractivity contribution >= 4 is 23.2 Å². The molecule has 0 saturated heterocycles. The van der Waals surface area contributed by atoms with Crippen LogP contribution in [0.3, 0.4) is 0 Å². The summed E-state index contributed by atoms with van der Waals surface area (Å²) in [6.45, 7) is 0.327. The quantitative estimate of drug-likeness (QED) is 0.846. The number of nitrogens with zero attached hydrogens (tertiary/aromatic N) is 2. The predicted molar refractivity (Wildman–Crippen MR) is 90.8 cm³/mol. The van der Waals surface area contributed by atoms with E-state index in [9.17, 15) is 9.18 Å². The highest BCUT2D eigenvalue weighted by molar-refractivity contribution is 6.30. The van der Waals surface area contributed by atoms with Gasteiger partial charge in [0.2, 0.25) is 0 Å². The van der Waals surface area contributed by atoms with Gasteiger partial charge in [-0.1, -0.05) is 41.0 Å². The van der Waals surface area contributed by atoms with Crippen molar-refractivity contribution < 1.29 is 14.0 Å². The number of oxime groups is 1. The summed E-state index contributed by atoms with van der Waals surface area (Å²) in [7, 11) is 1.62. The van der Waals surface area contributed by atoms with E-state index >= 15 is 0 Å². The molecule has 0 spiro atoms. The average molecular weight is 347 g/mol. The number of benzene rings is 2. The molecule has 124 valence electrons. The lowest BCUT2D eigenvalue weighted by atomic mass is 10.0. The molecule has 2 aromatic carbocycles. The lowest BCUT2D eigenvalue weighted by molar-refractivity contribution is 0.0479. The fraction of sp³-hybridized carbons (Fsp3) is 0.222. The Kier molecular flexibility index (Phi) is 4.81. The van der Waals surface area contributed by atoms with E-state index in [1.165, 1.54) is 17.0 Å².